The van der Waals surface area contributed by atoms with Crippen LogP contribution in [-0.2, 0) is 20.9 Å². The quantitative estimate of drug-likeness (QED) is 0.795. The Labute approximate surface area is 103 Å². The average Bonchev–Trinajstić information content (AvgIpc) is 2.33. The molecule has 1 aromatic carbocycles. The SMILES string of the molecule is O=C(O)C1C(=O)CN1C(=O)OCc1ccccc1. The summed E-state index contributed by atoms with van der Waals surface area (Å²) in [5.74, 6) is -1.82. The van der Waals surface area contributed by atoms with Gasteiger partial charge in [-0.1, -0.05) is 30.3 Å². The van der Waals surface area contributed by atoms with E-state index in [1.54, 1.807) is 24.3 Å². The summed E-state index contributed by atoms with van der Waals surface area (Å²) in [5.41, 5.74) is 0.796. The van der Waals surface area contributed by atoms with Gasteiger partial charge >= 0.3 is 12.1 Å². The van der Waals surface area contributed by atoms with Gasteiger partial charge in [0, 0.05) is 0 Å². The molecule has 1 heterocycles. The van der Waals surface area contributed by atoms with Gasteiger partial charge in [0.2, 0.25) is 0 Å². The largest absolute Gasteiger partial charge is 0.479 e. The van der Waals surface area contributed by atoms with E-state index in [0.717, 1.165) is 10.5 Å². The van der Waals surface area contributed by atoms with E-state index in [1.807, 2.05) is 6.07 Å². The van der Waals surface area contributed by atoms with Gasteiger partial charge in [-0.2, -0.15) is 0 Å². The van der Waals surface area contributed by atoms with Gasteiger partial charge in [0.1, 0.15) is 6.61 Å². The summed E-state index contributed by atoms with van der Waals surface area (Å²) in [6.45, 7) is -0.151. The topological polar surface area (TPSA) is 83.9 Å². The Bertz CT molecular complexity index is 477. The number of hydrogen-bond donors (Lipinski definition) is 1. The number of carboxylic acid groups (broad SMARTS) is 1. The van der Waals surface area contributed by atoms with Crippen LogP contribution in [0.25, 0.3) is 0 Å². The van der Waals surface area contributed by atoms with Gasteiger partial charge in [-0.05, 0) is 5.56 Å². The summed E-state index contributed by atoms with van der Waals surface area (Å²) < 4.78 is 4.93. The number of ether oxygens (including phenoxy) is 1. The van der Waals surface area contributed by atoms with Crippen molar-refractivity contribution in [3.05, 3.63) is 35.9 Å². The lowest BCUT2D eigenvalue weighted by atomic mass is 10.0. The Kier molecular flexibility index (Phi) is 3.27. The van der Waals surface area contributed by atoms with E-state index in [-0.39, 0.29) is 13.2 Å². The smallest absolute Gasteiger partial charge is 0.411 e. The minimum absolute atomic E-state index is 0.0523. The number of carbonyl (C=O) groups excluding carboxylic acids is 2. The second-order valence-electron chi connectivity index (χ2n) is 3.88. The number of benzene rings is 1. The summed E-state index contributed by atoms with van der Waals surface area (Å²) >= 11 is 0. The lowest BCUT2D eigenvalue weighted by Crippen LogP contribution is -2.63. The van der Waals surface area contributed by atoms with E-state index in [0.29, 0.717) is 0 Å². The molecule has 0 saturated carbocycles. The maximum atomic E-state index is 11.5. The van der Waals surface area contributed by atoms with Crippen molar-refractivity contribution < 1.29 is 24.2 Å². The third-order valence-electron chi connectivity index (χ3n) is 2.62. The summed E-state index contributed by atoms with van der Waals surface area (Å²) in [4.78, 5) is 34.2. The highest BCUT2D eigenvalue weighted by Gasteiger charge is 2.46. The van der Waals surface area contributed by atoms with Crippen molar-refractivity contribution >= 4 is 17.8 Å². The zero-order valence-corrected chi connectivity index (χ0v) is 9.41. The number of hydrogen-bond acceptors (Lipinski definition) is 4. The predicted molar refractivity (Wildman–Crippen MR) is 59.8 cm³/mol. The molecule has 1 fully saturated rings. The average molecular weight is 249 g/mol. The monoisotopic (exact) mass is 249 g/mol. The van der Waals surface area contributed by atoms with Crippen LogP contribution in [0, 0.1) is 0 Å². The molecule has 6 heteroatoms. The Morgan fingerprint density at radius 1 is 1.33 bits per heavy atom. The van der Waals surface area contributed by atoms with Crippen LogP contribution in [0.1, 0.15) is 5.56 Å². The number of ketones is 1. The van der Waals surface area contributed by atoms with Crippen molar-refractivity contribution in [3.8, 4) is 0 Å². The number of nitrogens with zero attached hydrogens (tertiary/aromatic N) is 1. The minimum Gasteiger partial charge on any atom is -0.479 e. The van der Waals surface area contributed by atoms with E-state index in [4.69, 9.17) is 9.84 Å². The third kappa shape index (κ3) is 2.32. The number of amides is 1. The van der Waals surface area contributed by atoms with Gasteiger partial charge in [-0.3, -0.25) is 9.69 Å². The molecule has 2 rings (SSSR count). The number of likely N-dealkylation sites (tertiary alicyclic amines) is 1. The lowest BCUT2D eigenvalue weighted by molar-refractivity contribution is -0.154. The molecule has 1 N–H and O–H groups in total. The molecule has 18 heavy (non-hydrogen) atoms. The number of Topliss-reactive ketones (excluding diaryl/α,β-unsaturated/α-hetero) is 1. The first kappa shape index (κ1) is 12.1. The molecular formula is C12H11NO5. The molecule has 1 saturated heterocycles. The van der Waals surface area contributed by atoms with Crippen LogP contribution in [0.15, 0.2) is 30.3 Å². The van der Waals surface area contributed by atoms with Gasteiger partial charge in [-0.15, -0.1) is 0 Å². The summed E-state index contributed by atoms with van der Waals surface area (Å²) in [6, 6.07) is 7.60. The first-order chi connectivity index (χ1) is 8.59. The molecular weight excluding hydrogens is 238 g/mol. The van der Waals surface area contributed by atoms with Crippen LogP contribution >= 0.6 is 0 Å². The normalized spacial score (nSPS) is 18.1. The van der Waals surface area contributed by atoms with Gasteiger partial charge in [0.15, 0.2) is 11.8 Å². The van der Waals surface area contributed by atoms with Crippen molar-refractivity contribution in [2.45, 2.75) is 12.6 Å². The van der Waals surface area contributed by atoms with E-state index in [1.165, 1.54) is 0 Å². The third-order valence-corrected chi connectivity index (χ3v) is 2.62. The zero-order valence-electron chi connectivity index (χ0n) is 9.41. The molecule has 1 unspecified atom stereocenters. The number of carbonyl (C=O) groups is 3. The van der Waals surface area contributed by atoms with Gasteiger partial charge < -0.3 is 9.84 Å². The second kappa shape index (κ2) is 4.87. The number of carboxylic acids is 1. The molecule has 0 spiro atoms. The van der Waals surface area contributed by atoms with Crippen LogP contribution in [-0.4, -0.2) is 40.4 Å². The van der Waals surface area contributed by atoms with E-state index in [9.17, 15) is 14.4 Å². The highest BCUT2D eigenvalue weighted by atomic mass is 16.6. The molecule has 6 nitrogen and oxygen atoms in total. The molecule has 0 aromatic heterocycles. The lowest BCUT2D eigenvalue weighted by Gasteiger charge is -2.34. The Morgan fingerprint density at radius 2 is 2.00 bits per heavy atom. The summed E-state index contributed by atoms with van der Waals surface area (Å²) in [6.07, 6.45) is -0.786. The van der Waals surface area contributed by atoms with Crippen molar-refractivity contribution in [3.63, 3.8) is 0 Å². The molecule has 1 aromatic rings. The Hall–Kier alpha value is -2.37. The minimum atomic E-state index is -1.40. The first-order valence-electron chi connectivity index (χ1n) is 5.32. The van der Waals surface area contributed by atoms with Gasteiger partial charge in [-0.25, -0.2) is 9.59 Å². The van der Waals surface area contributed by atoms with E-state index < -0.39 is 23.9 Å². The fourth-order valence-corrected chi connectivity index (χ4v) is 1.65. The van der Waals surface area contributed by atoms with E-state index >= 15 is 0 Å². The van der Waals surface area contributed by atoms with Crippen molar-refractivity contribution in [2.75, 3.05) is 6.54 Å². The van der Waals surface area contributed by atoms with Crippen molar-refractivity contribution in [1.82, 2.24) is 4.90 Å². The number of rotatable bonds is 3. The fraction of sp³-hybridized carbons (Fsp3) is 0.250. The molecule has 1 atom stereocenters. The van der Waals surface area contributed by atoms with Crippen LogP contribution in [0.5, 0.6) is 0 Å². The Balaban J connectivity index is 1.90. The van der Waals surface area contributed by atoms with Crippen molar-refractivity contribution in [2.24, 2.45) is 0 Å². The predicted octanol–water partition coefficient (Wildman–Crippen LogP) is 0.661. The first-order valence-corrected chi connectivity index (χ1v) is 5.32. The van der Waals surface area contributed by atoms with Crippen LogP contribution in [0.4, 0.5) is 4.79 Å². The maximum absolute atomic E-state index is 11.5. The van der Waals surface area contributed by atoms with Crippen LogP contribution in [0.3, 0.4) is 0 Å². The summed E-state index contributed by atoms with van der Waals surface area (Å²) in [7, 11) is 0. The highest BCUT2D eigenvalue weighted by molar-refractivity contribution is 6.11. The molecule has 1 amide bonds. The molecule has 1 aliphatic rings. The molecule has 0 bridgehead atoms. The second-order valence-corrected chi connectivity index (χ2v) is 3.88. The highest BCUT2D eigenvalue weighted by Crippen LogP contribution is 2.16. The van der Waals surface area contributed by atoms with Crippen LogP contribution in [0.2, 0.25) is 0 Å². The maximum Gasteiger partial charge on any atom is 0.411 e. The number of aliphatic carboxylic acids is 1. The van der Waals surface area contributed by atoms with E-state index in [2.05, 4.69) is 0 Å². The van der Waals surface area contributed by atoms with Gasteiger partial charge in [0.25, 0.3) is 0 Å². The molecule has 0 radical (unpaired) electrons. The molecule has 94 valence electrons. The standard InChI is InChI=1S/C12H11NO5/c14-9-6-13(10(9)11(15)16)12(17)18-7-8-4-2-1-3-5-8/h1-5,10H,6-7H2,(H,15,16). The Morgan fingerprint density at radius 3 is 2.56 bits per heavy atom. The summed E-state index contributed by atoms with van der Waals surface area (Å²) in [5, 5.41) is 8.74. The molecule has 1 aliphatic heterocycles. The molecule has 0 aliphatic carbocycles. The zero-order chi connectivity index (χ0) is 13.1. The van der Waals surface area contributed by atoms with Crippen molar-refractivity contribution in [1.29, 1.82) is 0 Å². The van der Waals surface area contributed by atoms with Gasteiger partial charge in [0.05, 0.1) is 6.54 Å². The fourth-order valence-electron chi connectivity index (χ4n) is 1.65. The van der Waals surface area contributed by atoms with Crippen LogP contribution < -0.4 is 0 Å².